The molecule has 0 aliphatic heterocycles. The first-order valence-electron chi connectivity index (χ1n) is 15.9. The predicted octanol–water partition coefficient (Wildman–Crippen LogP) is 5.70. The van der Waals surface area contributed by atoms with Crippen molar-refractivity contribution >= 4 is 12.0 Å². The topological polar surface area (TPSA) is 87.4 Å². The van der Waals surface area contributed by atoms with E-state index in [0.717, 1.165) is 61.0 Å². The number of rotatable bonds is 4. The molecule has 0 spiro atoms. The Morgan fingerprint density at radius 3 is 2.51 bits per heavy atom. The number of aliphatic hydroxyl groups excluding tert-OH is 1. The Bertz CT molecular complexity index is 1630. The molecule has 3 N–H and O–H groups in total. The summed E-state index contributed by atoms with van der Waals surface area (Å²) in [6.07, 6.45) is 9.52. The molecule has 6 nitrogen and oxygen atoms in total. The lowest BCUT2D eigenvalue weighted by molar-refractivity contribution is -0.181. The molecule has 7 atom stereocenters. The van der Waals surface area contributed by atoms with Crippen LogP contribution in [-0.4, -0.2) is 37.6 Å². The number of aliphatic hydroxyl groups is 2. The Morgan fingerprint density at radius 1 is 1.05 bits per heavy atom. The van der Waals surface area contributed by atoms with Crippen LogP contribution in [0.25, 0.3) is 11.8 Å². The Hall–Kier alpha value is -3.29. The fourth-order valence-electron chi connectivity index (χ4n) is 10.0. The number of carbonyl (C=O) groups excluding carboxylic acids is 1. The molecule has 7 heteroatoms. The standard InChI is InChI=1S/C36H40FN3O3/c1-33-19-22-21-38-40(26-11-9-25(37)10-12-26)29(22)18-24(33)8-13-27-28-14-15-36(43,34(28,2)20-30(41)31(27)33)32(42)39-35(16-17-35)23-6-4-3-5-7-23/h3-7,9-12,18,21,27-28,30-31,41,43H,8,13-17,19-20H2,1-2H3,(H,39,42). The number of hydrogen-bond acceptors (Lipinski definition) is 4. The zero-order valence-electron chi connectivity index (χ0n) is 24.9. The van der Waals surface area contributed by atoms with Gasteiger partial charge in [0.1, 0.15) is 11.4 Å². The van der Waals surface area contributed by atoms with Gasteiger partial charge >= 0.3 is 0 Å². The molecule has 3 aromatic rings. The number of allylic oxidation sites excluding steroid dienone is 1. The number of fused-ring (bicyclic) bond motifs is 6. The molecule has 1 amide bonds. The minimum atomic E-state index is -1.51. The van der Waals surface area contributed by atoms with Gasteiger partial charge in [0.2, 0.25) is 0 Å². The molecule has 0 radical (unpaired) electrons. The zero-order chi connectivity index (χ0) is 29.8. The summed E-state index contributed by atoms with van der Waals surface area (Å²) in [5.41, 5.74) is 2.58. The van der Waals surface area contributed by atoms with E-state index in [9.17, 15) is 19.4 Å². The third kappa shape index (κ3) is 3.77. The lowest BCUT2D eigenvalue weighted by Gasteiger charge is -2.60. The zero-order valence-corrected chi connectivity index (χ0v) is 24.9. The minimum Gasteiger partial charge on any atom is -0.393 e. The SMILES string of the molecule is CC12Cc3cnn(-c4ccc(F)cc4)c3C=C1CCC1C2C(O)CC2(C)C1CCC2(O)C(=O)NC1(c2ccccc2)CC1. The van der Waals surface area contributed by atoms with Crippen molar-refractivity contribution in [2.75, 3.05) is 0 Å². The lowest BCUT2D eigenvalue weighted by Crippen LogP contribution is -2.64. The van der Waals surface area contributed by atoms with Crippen LogP contribution in [0.15, 0.2) is 66.4 Å². The van der Waals surface area contributed by atoms with Gasteiger partial charge in [-0.15, -0.1) is 0 Å². The molecule has 1 heterocycles. The van der Waals surface area contributed by atoms with E-state index in [2.05, 4.69) is 42.5 Å². The number of hydrogen-bond donors (Lipinski definition) is 3. The highest BCUT2D eigenvalue weighted by molar-refractivity contribution is 5.87. The molecule has 0 bridgehead atoms. The van der Waals surface area contributed by atoms with Gasteiger partial charge in [0.05, 0.1) is 29.2 Å². The van der Waals surface area contributed by atoms with Crippen molar-refractivity contribution in [1.29, 1.82) is 0 Å². The first-order valence-corrected chi connectivity index (χ1v) is 15.9. The molecule has 1 aromatic heterocycles. The highest BCUT2D eigenvalue weighted by Crippen LogP contribution is 2.67. The monoisotopic (exact) mass is 581 g/mol. The van der Waals surface area contributed by atoms with Gasteiger partial charge in [0.25, 0.3) is 5.91 Å². The van der Waals surface area contributed by atoms with Gasteiger partial charge in [-0.2, -0.15) is 5.10 Å². The molecular formula is C36H40FN3O3. The van der Waals surface area contributed by atoms with E-state index in [1.54, 1.807) is 12.1 Å². The maximum absolute atomic E-state index is 14.0. The molecule has 8 rings (SSSR count). The van der Waals surface area contributed by atoms with E-state index >= 15 is 0 Å². The third-order valence-electron chi connectivity index (χ3n) is 12.5. The molecule has 4 fully saturated rings. The van der Waals surface area contributed by atoms with Gasteiger partial charge in [-0.1, -0.05) is 49.8 Å². The summed E-state index contributed by atoms with van der Waals surface area (Å²) in [6, 6.07) is 16.5. The Labute approximate surface area is 252 Å². The molecule has 5 aliphatic carbocycles. The van der Waals surface area contributed by atoms with Gasteiger partial charge in [-0.3, -0.25) is 4.79 Å². The fraction of sp³-hybridized carbons (Fsp3) is 0.500. The maximum Gasteiger partial charge on any atom is 0.253 e. The van der Waals surface area contributed by atoms with Crippen molar-refractivity contribution < 1.29 is 19.4 Å². The van der Waals surface area contributed by atoms with Gasteiger partial charge < -0.3 is 15.5 Å². The highest BCUT2D eigenvalue weighted by Gasteiger charge is 2.69. The predicted molar refractivity (Wildman–Crippen MR) is 161 cm³/mol. The van der Waals surface area contributed by atoms with E-state index in [-0.39, 0.29) is 34.9 Å². The van der Waals surface area contributed by atoms with Crippen LogP contribution in [0.4, 0.5) is 4.39 Å². The van der Waals surface area contributed by atoms with Crippen LogP contribution in [0.3, 0.4) is 0 Å². The van der Waals surface area contributed by atoms with Crippen molar-refractivity contribution in [3.05, 3.63) is 89.0 Å². The summed E-state index contributed by atoms with van der Waals surface area (Å²) in [5.74, 6) is -0.132. The van der Waals surface area contributed by atoms with Gasteiger partial charge in [0, 0.05) is 5.41 Å². The number of benzene rings is 2. The second-order valence-electron chi connectivity index (χ2n) is 14.5. The number of halogens is 1. The Kier molecular flexibility index (Phi) is 5.78. The van der Waals surface area contributed by atoms with Crippen molar-refractivity contribution in [1.82, 2.24) is 15.1 Å². The molecule has 0 saturated heterocycles. The van der Waals surface area contributed by atoms with Crippen LogP contribution >= 0.6 is 0 Å². The number of nitrogens with one attached hydrogen (secondary N) is 1. The number of aromatic nitrogens is 2. The summed E-state index contributed by atoms with van der Waals surface area (Å²) in [5, 5.41) is 32.2. The van der Waals surface area contributed by atoms with Crippen LogP contribution in [0.5, 0.6) is 0 Å². The fourth-order valence-corrected chi connectivity index (χ4v) is 10.0. The largest absolute Gasteiger partial charge is 0.393 e. The summed E-state index contributed by atoms with van der Waals surface area (Å²) < 4.78 is 15.5. The first-order chi connectivity index (χ1) is 20.6. The van der Waals surface area contributed by atoms with Crippen LogP contribution in [0.2, 0.25) is 0 Å². The van der Waals surface area contributed by atoms with E-state index < -0.39 is 22.7 Å². The number of nitrogens with zero attached hydrogens (tertiary/aromatic N) is 2. The van der Waals surface area contributed by atoms with Crippen molar-refractivity contribution in [2.24, 2.45) is 28.6 Å². The Balaban J connectivity index is 1.08. The summed E-state index contributed by atoms with van der Waals surface area (Å²) >= 11 is 0. The van der Waals surface area contributed by atoms with E-state index in [1.165, 1.54) is 17.7 Å². The van der Waals surface area contributed by atoms with Gasteiger partial charge in [0.15, 0.2) is 0 Å². The molecule has 43 heavy (non-hydrogen) atoms. The molecule has 5 aliphatic rings. The molecule has 4 saturated carbocycles. The van der Waals surface area contributed by atoms with Gasteiger partial charge in [-0.05, 0) is 116 Å². The van der Waals surface area contributed by atoms with Crippen molar-refractivity contribution in [3.8, 4) is 5.69 Å². The maximum atomic E-state index is 14.0. The summed E-state index contributed by atoms with van der Waals surface area (Å²) in [6.45, 7) is 4.36. The van der Waals surface area contributed by atoms with E-state index in [1.807, 2.05) is 29.1 Å². The van der Waals surface area contributed by atoms with Gasteiger partial charge in [-0.25, -0.2) is 9.07 Å². The average molecular weight is 582 g/mol. The third-order valence-corrected chi connectivity index (χ3v) is 12.5. The normalized spacial score (nSPS) is 36.9. The molecular weight excluding hydrogens is 541 g/mol. The van der Waals surface area contributed by atoms with Crippen LogP contribution < -0.4 is 5.32 Å². The number of amides is 1. The smallest absolute Gasteiger partial charge is 0.253 e. The average Bonchev–Trinajstić information content (AvgIpc) is 3.58. The summed E-state index contributed by atoms with van der Waals surface area (Å²) in [4.78, 5) is 14.0. The Morgan fingerprint density at radius 2 is 1.79 bits per heavy atom. The molecule has 2 aromatic carbocycles. The summed E-state index contributed by atoms with van der Waals surface area (Å²) in [7, 11) is 0. The van der Waals surface area contributed by atoms with Crippen LogP contribution in [0.1, 0.15) is 75.6 Å². The van der Waals surface area contributed by atoms with E-state index in [0.29, 0.717) is 12.8 Å². The van der Waals surface area contributed by atoms with Crippen LogP contribution in [-0.2, 0) is 16.8 Å². The molecule has 7 unspecified atom stereocenters. The quantitative estimate of drug-likeness (QED) is 0.369. The first kappa shape index (κ1) is 27.3. The highest BCUT2D eigenvalue weighted by atomic mass is 19.1. The second kappa shape index (κ2) is 9.12. The lowest BCUT2D eigenvalue weighted by atomic mass is 9.45. The molecule has 224 valence electrons. The van der Waals surface area contributed by atoms with Crippen molar-refractivity contribution in [3.63, 3.8) is 0 Å². The minimum absolute atomic E-state index is 0.0393. The van der Waals surface area contributed by atoms with Crippen molar-refractivity contribution in [2.45, 2.75) is 82.5 Å². The van der Waals surface area contributed by atoms with Crippen LogP contribution in [0, 0.1) is 34.4 Å². The number of carbonyl (C=O) groups is 1. The van der Waals surface area contributed by atoms with E-state index in [4.69, 9.17) is 0 Å². The second-order valence-corrected chi connectivity index (χ2v) is 14.5.